The van der Waals surface area contributed by atoms with Crippen molar-refractivity contribution in [1.82, 2.24) is 10.3 Å². The predicted molar refractivity (Wildman–Crippen MR) is 95.9 cm³/mol. The number of ether oxygens (including phenoxy) is 1. The number of hydrogen-bond acceptors (Lipinski definition) is 8. The third-order valence-electron chi connectivity index (χ3n) is 4.62. The summed E-state index contributed by atoms with van der Waals surface area (Å²) in [5, 5.41) is 19.0. The average Bonchev–Trinajstić information content (AvgIpc) is 3.16. The average molecular weight is 355 g/mol. The second kappa shape index (κ2) is 6.51. The van der Waals surface area contributed by atoms with Gasteiger partial charge in [-0.15, -0.1) is 0 Å². The highest BCUT2D eigenvalue weighted by Gasteiger charge is 2.28. The Labute approximate surface area is 148 Å². The van der Waals surface area contributed by atoms with Crippen molar-refractivity contribution in [2.24, 2.45) is 0 Å². The van der Waals surface area contributed by atoms with Crippen LogP contribution in [0.1, 0.15) is 0 Å². The molecule has 0 unspecified atom stereocenters. The van der Waals surface area contributed by atoms with Gasteiger partial charge in [-0.3, -0.25) is 10.1 Å². The molecule has 0 N–H and O–H groups in total. The molecule has 0 spiro atoms. The molecule has 2 aromatic carbocycles. The van der Waals surface area contributed by atoms with Crippen molar-refractivity contribution in [3.05, 3.63) is 46.5 Å². The Morgan fingerprint density at radius 1 is 1.04 bits per heavy atom. The van der Waals surface area contributed by atoms with Gasteiger partial charge in [0.25, 0.3) is 0 Å². The number of rotatable bonds is 4. The fraction of sp³-hybridized carbons (Fsp3) is 0.294. The first-order valence-corrected chi connectivity index (χ1v) is 8.21. The van der Waals surface area contributed by atoms with Gasteiger partial charge in [0, 0.05) is 31.9 Å². The lowest BCUT2D eigenvalue weighted by Crippen LogP contribution is -2.46. The Kier molecular flexibility index (Phi) is 4.04. The molecule has 0 saturated carbocycles. The molecule has 3 aromatic rings. The van der Waals surface area contributed by atoms with Crippen molar-refractivity contribution in [2.75, 3.05) is 43.1 Å². The predicted octanol–water partition coefficient (Wildman–Crippen LogP) is 2.47. The molecule has 1 aliphatic rings. The van der Waals surface area contributed by atoms with Crippen LogP contribution in [0, 0.1) is 10.1 Å². The molecular weight excluding hydrogens is 338 g/mol. The number of piperazine rings is 1. The molecule has 4 rings (SSSR count). The summed E-state index contributed by atoms with van der Waals surface area (Å²) in [6.07, 6.45) is 0. The first-order chi connectivity index (χ1) is 12.7. The molecule has 9 heteroatoms. The van der Waals surface area contributed by atoms with E-state index in [2.05, 4.69) is 19.8 Å². The van der Waals surface area contributed by atoms with Gasteiger partial charge in [0.15, 0.2) is 0 Å². The van der Waals surface area contributed by atoms with Gasteiger partial charge in [-0.25, -0.2) is 4.63 Å². The van der Waals surface area contributed by atoms with E-state index in [-0.39, 0.29) is 11.2 Å². The van der Waals surface area contributed by atoms with Gasteiger partial charge in [-0.05, 0) is 46.7 Å². The van der Waals surface area contributed by atoms with E-state index >= 15 is 0 Å². The maximum absolute atomic E-state index is 11.6. The molecular formula is C17H17N5O4. The third-order valence-corrected chi connectivity index (χ3v) is 4.62. The first kappa shape index (κ1) is 16.1. The molecule has 1 aromatic heterocycles. The van der Waals surface area contributed by atoms with Crippen LogP contribution < -0.4 is 14.5 Å². The van der Waals surface area contributed by atoms with Crippen LogP contribution in [0.5, 0.6) is 5.75 Å². The van der Waals surface area contributed by atoms with Crippen molar-refractivity contribution < 1.29 is 14.3 Å². The summed E-state index contributed by atoms with van der Waals surface area (Å²) in [6, 6.07) is 11.3. The number of hydrogen-bond donors (Lipinski definition) is 0. The minimum Gasteiger partial charge on any atom is -0.497 e. The van der Waals surface area contributed by atoms with E-state index in [0.29, 0.717) is 24.3 Å². The number of anilines is 2. The van der Waals surface area contributed by atoms with E-state index in [1.807, 2.05) is 29.2 Å². The topological polar surface area (TPSA) is 97.8 Å². The summed E-state index contributed by atoms with van der Waals surface area (Å²) in [6.45, 7) is 2.87. The molecule has 1 fully saturated rings. The quantitative estimate of drug-likeness (QED) is 0.520. The fourth-order valence-corrected chi connectivity index (χ4v) is 3.26. The van der Waals surface area contributed by atoms with Crippen molar-refractivity contribution in [2.45, 2.75) is 0 Å². The number of nitrogens with zero attached hydrogens (tertiary/aromatic N) is 5. The molecule has 0 bridgehead atoms. The largest absolute Gasteiger partial charge is 0.497 e. The van der Waals surface area contributed by atoms with Crippen LogP contribution in [-0.4, -0.2) is 48.5 Å². The zero-order valence-electron chi connectivity index (χ0n) is 14.2. The molecule has 0 radical (unpaired) electrons. The van der Waals surface area contributed by atoms with Crippen molar-refractivity contribution in [1.29, 1.82) is 0 Å². The lowest BCUT2D eigenvalue weighted by molar-refractivity contribution is -0.382. The number of aromatic nitrogens is 2. The van der Waals surface area contributed by atoms with Crippen LogP contribution in [0.15, 0.2) is 41.0 Å². The van der Waals surface area contributed by atoms with Gasteiger partial charge < -0.3 is 14.5 Å². The summed E-state index contributed by atoms with van der Waals surface area (Å²) >= 11 is 0. The minimum absolute atomic E-state index is 0.0540. The molecule has 9 nitrogen and oxygen atoms in total. The van der Waals surface area contributed by atoms with Crippen molar-refractivity contribution in [3.8, 4) is 5.75 Å². The Hall–Kier alpha value is -3.36. The molecule has 2 heterocycles. The van der Waals surface area contributed by atoms with E-state index in [4.69, 9.17) is 4.74 Å². The van der Waals surface area contributed by atoms with Crippen LogP contribution >= 0.6 is 0 Å². The summed E-state index contributed by atoms with van der Waals surface area (Å²) < 4.78 is 9.84. The summed E-state index contributed by atoms with van der Waals surface area (Å²) in [5.74, 6) is 0.817. The van der Waals surface area contributed by atoms with Crippen LogP contribution in [0.2, 0.25) is 0 Å². The molecule has 0 amide bonds. The van der Waals surface area contributed by atoms with Gasteiger partial charge in [-0.1, -0.05) is 0 Å². The smallest absolute Gasteiger partial charge is 0.323 e. The zero-order chi connectivity index (χ0) is 18.1. The van der Waals surface area contributed by atoms with Crippen LogP contribution in [0.4, 0.5) is 17.1 Å². The zero-order valence-corrected chi connectivity index (χ0v) is 14.2. The highest BCUT2D eigenvalue weighted by atomic mass is 16.6. The number of fused-ring (bicyclic) bond motifs is 1. The standard InChI is InChI=1S/C17H17N5O4/c1-25-13-4-2-12(3-5-13)20-8-10-21(11-9-20)15-7-6-14-16(19-26-18-14)17(15)22(23)24/h2-7H,8-11H2,1H3. The number of benzene rings is 2. The van der Waals surface area contributed by atoms with Crippen molar-refractivity contribution >= 4 is 28.1 Å². The molecule has 1 saturated heterocycles. The van der Waals surface area contributed by atoms with Gasteiger partial charge in [0.2, 0.25) is 5.52 Å². The highest BCUT2D eigenvalue weighted by molar-refractivity contribution is 5.91. The molecule has 0 atom stereocenters. The SMILES string of the molecule is COc1ccc(N2CCN(c3ccc4nonc4c3[N+](=O)[O-])CC2)cc1. The molecule has 134 valence electrons. The monoisotopic (exact) mass is 355 g/mol. The van der Waals surface area contributed by atoms with E-state index in [1.54, 1.807) is 19.2 Å². The van der Waals surface area contributed by atoms with E-state index in [9.17, 15) is 10.1 Å². The normalized spacial score (nSPS) is 14.7. The maximum Gasteiger partial charge on any atom is 0.323 e. The first-order valence-electron chi connectivity index (χ1n) is 8.21. The lowest BCUT2D eigenvalue weighted by Gasteiger charge is -2.37. The van der Waals surface area contributed by atoms with Gasteiger partial charge in [-0.2, -0.15) is 0 Å². The Bertz CT molecular complexity index is 932. The second-order valence-corrected chi connectivity index (χ2v) is 5.99. The summed E-state index contributed by atoms with van der Waals surface area (Å²) in [7, 11) is 1.64. The van der Waals surface area contributed by atoms with Gasteiger partial charge in [0.1, 0.15) is 17.0 Å². The highest BCUT2D eigenvalue weighted by Crippen LogP contribution is 2.35. The molecule has 26 heavy (non-hydrogen) atoms. The van der Waals surface area contributed by atoms with Crippen LogP contribution in [0.25, 0.3) is 11.0 Å². The van der Waals surface area contributed by atoms with E-state index < -0.39 is 4.92 Å². The lowest BCUT2D eigenvalue weighted by atomic mass is 10.1. The number of nitro benzene ring substituents is 1. The molecule has 1 aliphatic heterocycles. The van der Waals surface area contributed by atoms with E-state index in [1.165, 1.54) is 0 Å². The summed E-state index contributed by atoms with van der Waals surface area (Å²) in [4.78, 5) is 15.4. The second-order valence-electron chi connectivity index (χ2n) is 5.99. The van der Waals surface area contributed by atoms with E-state index in [0.717, 1.165) is 24.5 Å². The maximum atomic E-state index is 11.6. The van der Waals surface area contributed by atoms with Crippen LogP contribution in [0.3, 0.4) is 0 Å². The Balaban J connectivity index is 1.55. The van der Waals surface area contributed by atoms with Gasteiger partial charge in [0.05, 0.1) is 12.0 Å². The Morgan fingerprint density at radius 3 is 2.38 bits per heavy atom. The van der Waals surface area contributed by atoms with Crippen LogP contribution in [-0.2, 0) is 0 Å². The minimum atomic E-state index is -0.419. The van der Waals surface area contributed by atoms with Gasteiger partial charge >= 0.3 is 5.69 Å². The number of methoxy groups -OCH3 is 1. The van der Waals surface area contributed by atoms with Crippen molar-refractivity contribution in [3.63, 3.8) is 0 Å². The Morgan fingerprint density at radius 2 is 1.73 bits per heavy atom. The fourth-order valence-electron chi connectivity index (χ4n) is 3.26. The third kappa shape index (κ3) is 2.77. The number of nitro groups is 1. The molecule has 0 aliphatic carbocycles. The summed E-state index contributed by atoms with van der Waals surface area (Å²) in [5.41, 5.74) is 2.17.